The maximum Gasteiger partial charge on any atom is 0.255 e. The SMILES string of the molecule is COc1ccc([C@H]2Cc3nc(N)nc(C)c3C(=O)N2)c(Br)c1. The molecule has 0 radical (unpaired) electrons. The van der Waals surface area contributed by atoms with Gasteiger partial charge in [-0.3, -0.25) is 4.79 Å². The van der Waals surface area contributed by atoms with Crippen molar-refractivity contribution in [1.82, 2.24) is 15.3 Å². The Labute approximate surface area is 136 Å². The second-order valence-corrected chi connectivity index (χ2v) is 5.96. The number of nitrogens with zero attached hydrogens (tertiary/aromatic N) is 2. The van der Waals surface area contributed by atoms with E-state index in [1.54, 1.807) is 14.0 Å². The number of ether oxygens (including phenoxy) is 1. The lowest BCUT2D eigenvalue weighted by Gasteiger charge is -2.27. The number of amides is 1. The number of nitrogens with one attached hydrogen (secondary N) is 1. The molecule has 2 aromatic rings. The van der Waals surface area contributed by atoms with Crippen LogP contribution < -0.4 is 15.8 Å². The van der Waals surface area contributed by atoms with Crippen LogP contribution in [0.25, 0.3) is 0 Å². The number of carbonyl (C=O) groups is 1. The largest absolute Gasteiger partial charge is 0.497 e. The van der Waals surface area contributed by atoms with Gasteiger partial charge in [-0.2, -0.15) is 0 Å². The fraction of sp³-hybridized carbons (Fsp3) is 0.267. The van der Waals surface area contributed by atoms with E-state index in [4.69, 9.17) is 10.5 Å². The molecule has 0 bridgehead atoms. The molecule has 6 nitrogen and oxygen atoms in total. The summed E-state index contributed by atoms with van der Waals surface area (Å²) < 4.78 is 6.07. The Balaban J connectivity index is 2.00. The first-order valence-corrected chi connectivity index (χ1v) is 7.56. The molecular formula is C15H15BrN4O2. The zero-order valence-corrected chi connectivity index (χ0v) is 13.8. The minimum atomic E-state index is -0.175. The van der Waals surface area contributed by atoms with Crippen molar-refractivity contribution >= 4 is 27.8 Å². The first-order chi connectivity index (χ1) is 10.5. The molecule has 114 valence electrons. The molecule has 1 aromatic heterocycles. The molecule has 0 spiro atoms. The van der Waals surface area contributed by atoms with Gasteiger partial charge in [0.25, 0.3) is 5.91 Å². The summed E-state index contributed by atoms with van der Waals surface area (Å²) in [7, 11) is 1.61. The molecule has 0 unspecified atom stereocenters. The Kier molecular flexibility index (Phi) is 3.74. The average Bonchev–Trinajstić information content (AvgIpc) is 2.45. The highest BCUT2D eigenvalue weighted by atomic mass is 79.9. The number of nitrogens with two attached hydrogens (primary N) is 1. The van der Waals surface area contributed by atoms with Gasteiger partial charge in [-0.05, 0) is 24.6 Å². The number of fused-ring (bicyclic) bond motifs is 1. The minimum absolute atomic E-state index is 0.172. The number of methoxy groups -OCH3 is 1. The van der Waals surface area contributed by atoms with Gasteiger partial charge >= 0.3 is 0 Å². The lowest BCUT2D eigenvalue weighted by atomic mass is 9.94. The van der Waals surface area contributed by atoms with Gasteiger partial charge in [0.1, 0.15) is 5.75 Å². The van der Waals surface area contributed by atoms with Crippen LogP contribution in [0.15, 0.2) is 22.7 Å². The van der Waals surface area contributed by atoms with E-state index in [9.17, 15) is 4.79 Å². The van der Waals surface area contributed by atoms with Crippen LogP contribution >= 0.6 is 15.9 Å². The van der Waals surface area contributed by atoms with Crippen LogP contribution in [0.2, 0.25) is 0 Å². The molecule has 1 aliphatic rings. The third-order valence-electron chi connectivity index (χ3n) is 3.70. The maximum absolute atomic E-state index is 12.4. The van der Waals surface area contributed by atoms with E-state index >= 15 is 0 Å². The second kappa shape index (κ2) is 5.57. The molecule has 0 saturated carbocycles. The molecule has 1 aliphatic heterocycles. The zero-order chi connectivity index (χ0) is 15.9. The highest BCUT2D eigenvalue weighted by Crippen LogP contribution is 2.32. The fourth-order valence-corrected chi connectivity index (χ4v) is 3.31. The molecule has 0 saturated heterocycles. The Morgan fingerprint density at radius 3 is 2.86 bits per heavy atom. The van der Waals surface area contributed by atoms with Crippen molar-refractivity contribution in [3.05, 3.63) is 45.2 Å². The van der Waals surface area contributed by atoms with Crippen molar-refractivity contribution in [3.63, 3.8) is 0 Å². The number of anilines is 1. The molecule has 1 aromatic carbocycles. The van der Waals surface area contributed by atoms with Crippen molar-refractivity contribution in [1.29, 1.82) is 0 Å². The number of rotatable bonds is 2. The summed E-state index contributed by atoms with van der Waals surface area (Å²) in [5, 5.41) is 3.00. The lowest BCUT2D eigenvalue weighted by Crippen LogP contribution is -2.37. The van der Waals surface area contributed by atoms with Crippen LogP contribution in [-0.2, 0) is 6.42 Å². The summed E-state index contributed by atoms with van der Waals surface area (Å²) in [6, 6.07) is 5.49. The molecule has 0 fully saturated rings. The van der Waals surface area contributed by atoms with Crippen LogP contribution in [0.3, 0.4) is 0 Å². The molecule has 22 heavy (non-hydrogen) atoms. The summed E-state index contributed by atoms with van der Waals surface area (Å²) in [6.07, 6.45) is 0.569. The van der Waals surface area contributed by atoms with E-state index in [2.05, 4.69) is 31.2 Å². The van der Waals surface area contributed by atoms with E-state index in [1.165, 1.54) is 0 Å². The standard InChI is InChI=1S/C15H15BrN4O2/c1-7-13-12(20-15(17)18-7)6-11(19-14(13)21)9-4-3-8(22-2)5-10(9)16/h3-5,11H,6H2,1-2H3,(H,19,21)(H2,17,18,20)/t11-/m1/s1. The lowest BCUT2D eigenvalue weighted by molar-refractivity contribution is 0.0922. The number of nitrogen functional groups attached to an aromatic ring is 1. The van der Waals surface area contributed by atoms with Gasteiger partial charge in [-0.25, -0.2) is 9.97 Å². The normalized spacial score (nSPS) is 16.9. The first kappa shape index (κ1) is 14.8. The summed E-state index contributed by atoms with van der Waals surface area (Å²) in [6.45, 7) is 1.76. The number of aryl methyl sites for hydroxylation is 1. The van der Waals surface area contributed by atoms with Gasteiger partial charge in [-0.15, -0.1) is 0 Å². The Morgan fingerprint density at radius 2 is 2.18 bits per heavy atom. The minimum Gasteiger partial charge on any atom is -0.497 e. The third kappa shape index (κ3) is 2.52. The number of hydrogen-bond acceptors (Lipinski definition) is 5. The van der Waals surface area contributed by atoms with Crippen LogP contribution in [0.1, 0.15) is 33.4 Å². The van der Waals surface area contributed by atoms with E-state index in [0.29, 0.717) is 23.4 Å². The monoisotopic (exact) mass is 362 g/mol. The van der Waals surface area contributed by atoms with Crippen LogP contribution in [0.4, 0.5) is 5.95 Å². The highest BCUT2D eigenvalue weighted by Gasteiger charge is 2.30. The molecule has 1 amide bonds. The van der Waals surface area contributed by atoms with Crippen molar-refractivity contribution < 1.29 is 9.53 Å². The Hall–Kier alpha value is -2.15. The number of carbonyl (C=O) groups excluding carboxylic acids is 1. The molecular weight excluding hydrogens is 348 g/mol. The topological polar surface area (TPSA) is 90.1 Å². The number of benzene rings is 1. The van der Waals surface area contributed by atoms with Gasteiger partial charge < -0.3 is 15.8 Å². The van der Waals surface area contributed by atoms with Crippen molar-refractivity contribution in [2.45, 2.75) is 19.4 Å². The summed E-state index contributed by atoms with van der Waals surface area (Å²) >= 11 is 3.52. The van der Waals surface area contributed by atoms with Crippen molar-refractivity contribution in [2.75, 3.05) is 12.8 Å². The predicted octanol–water partition coefficient (Wildman–Crippen LogP) is 2.17. The van der Waals surface area contributed by atoms with E-state index in [1.807, 2.05) is 18.2 Å². The quantitative estimate of drug-likeness (QED) is 0.854. The summed E-state index contributed by atoms with van der Waals surface area (Å²) in [5.41, 5.74) is 8.48. The van der Waals surface area contributed by atoms with Crippen molar-refractivity contribution in [2.24, 2.45) is 0 Å². The number of hydrogen-bond donors (Lipinski definition) is 2. The molecule has 3 N–H and O–H groups in total. The van der Waals surface area contributed by atoms with Crippen molar-refractivity contribution in [3.8, 4) is 5.75 Å². The van der Waals surface area contributed by atoms with Gasteiger partial charge in [0.15, 0.2) is 0 Å². The zero-order valence-electron chi connectivity index (χ0n) is 12.2. The molecule has 7 heteroatoms. The summed E-state index contributed by atoms with van der Waals surface area (Å²) in [5.74, 6) is 0.769. The van der Waals surface area contributed by atoms with E-state index in [-0.39, 0.29) is 17.9 Å². The molecule has 2 heterocycles. The highest BCUT2D eigenvalue weighted by molar-refractivity contribution is 9.10. The van der Waals surface area contributed by atoms with Crippen LogP contribution in [0.5, 0.6) is 5.75 Å². The third-order valence-corrected chi connectivity index (χ3v) is 4.38. The molecule has 3 rings (SSSR count). The number of halogens is 1. The van der Waals surface area contributed by atoms with Gasteiger partial charge in [-0.1, -0.05) is 22.0 Å². The maximum atomic E-state index is 12.4. The van der Waals surface area contributed by atoms with E-state index in [0.717, 1.165) is 15.8 Å². The first-order valence-electron chi connectivity index (χ1n) is 6.77. The van der Waals surface area contributed by atoms with Gasteiger partial charge in [0.05, 0.1) is 30.1 Å². The Morgan fingerprint density at radius 1 is 1.41 bits per heavy atom. The van der Waals surface area contributed by atoms with Crippen LogP contribution in [-0.4, -0.2) is 23.0 Å². The fourth-order valence-electron chi connectivity index (χ4n) is 2.68. The Bertz CT molecular complexity index is 763. The molecule has 1 atom stereocenters. The smallest absolute Gasteiger partial charge is 0.255 e. The predicted molar refractivity (Wildman–Crippen MR) is 85.8 cm³/mol. The molecule has 0 aliphatic carbocycles. The van der Waals surface area contributed by atoms with Gasteiger partial charge in [0.2, 0.25) is 5.95 Å². The number of aromatic nitrogens is 2. The van der Waals surface area contributed by atoms with Gasteiger partial charge in [0, 0.05) is 10.9 Å². The average molecular weight is 363 g/mol. The van der Waals surface area contributed by atoms with E-state index < -0.39 is 0 Å². The van der Waals surface area contributed by atoms with Crippen LogP contribution in [0, 0.1) is 6.92 Å². The summed E-state index contributed by atoms with van der Waals surface area (Å²) in [4.78, 5) is 20.6. The second-order valence-electron chi connectivity index (χ2n) is 5.11.